The Morgan fingerprint density at radius 3 is 1.46 bits per heavy atom. The highest BCUT2D eigenvalue weighted by Gasteiger charge is 2.49. The number of benzene rings is 1. The van der Waals surface area contributed by atoms with Crippen LogP contribution in [0.1, 0.15) is 149 Å². The number of anilines is 1. The van der Waals surface area contributed by atoms with Gasteiger partial charge in [-0.1, -0.05) is 109 Å². The summed E-state index contributed by atoms with van der Waals surface area (Å²) in [5.74, 6) is -8.97. The number of amides is 11. The Kier molecular flexibility index (Phi) is 31.5. The van der Waals surface area contributed by atoms with E-state index in [2.05, 4.69) is 38.3 Å². The van der Waals surface area contributed by atoms with Gasteiger partial charge in [0.15, 0.2) is 0 Å². The van der Waals surface area contributed by atoms with Crippen LogP contribution in [0.15, 0.2) is 29.2 Å². The van der Waals surface area contributed by atoms with E-state index in [1.54, 1.807) is 34.6 Å². The molecule has 0 aromatic heterocycles. The first-order valence-corrected chi connectivity index (χ1v) is 35.4. The first-order valence-electron chi connectivity index (χ1n) is 34.6. The van der Waals surface area contributed by atoms with Crippen LogP contribution in [-0.2, 0) is 62.2 Å². The highest BCUT2D eigenvalue weighted by atomic mass is 32.2. The minimum absolute atomic E-state index is 0.0604. The summed E-state index contributed by atoms with van der Waals surface area (Å²) >= 11 is 1.49. The molecule has 4 rings (SSSR count). The monoisotopic (exact) mass is 1370 g/mol. The van der Waals surface area contributed by atoms with Crippen molar-refractivity contribution in [2.24, 2.45) is 41.4 Å². The number of ether oxygens (including phenoxy) is 2. The largest absolute Gasteiger partial charge is 0.378 e. The lowest BCUT2D eigenvalue weighted by molar-refractivity contribution is -0.157. The Hall–Kier alpha value is -6.54. The lowest BCUT2D eigenvalue weighted by Crippen LogP contribution is -2.63. The standard InChI is InChI=1S/C70H118N12O13S/c1-24-50-66(89)75(17)38-55(83)76(18)51(33-39(2)3)63(86)74-57(43(10)11)69(92)77(19)52(34-40(4)5)62(85)71-46(15)61(84)72-47(16)65(88)78(20)53(35-41(6)7)67(90)79(21)54(36-42(8)9)68(91)80(22)58(44(12)13)70(93)81(23)59(64(87)73-50)60-45(14)37-56(95-60)96-49-27-25-48(26-28-49)82-29-31-94-32-30-82/h25-28,39-47,50-54,56-60H,24,29-38H2,1-23H3,(H,71,85)(H,72,84)(H,73,87)(H,74,86)/t45-,46+,47-,50+,51+,52+,53+,54+,56+,57+,58+,59+,60-/m1/s1. The van der Waals surface area contributed by atoms with E-state index >= 15 is 19.2 Å². The Balaban J connectivity index is 1.89. The Morgan fingerprint density at radius 1 is 0.490 bits per heavy atom. The average Bonchev–Trinajstić information content (AvgIpc) is 1.41. The molecule has 542 valence electrons. The van der Waals surface area contributed by atoms with Crippen LogP contribution in [0, 0.1) is 41.4 Å². The van der Waals surface area contributed by atoms with Gasteiger partial charge in [0.2, 0.25) is 65.0 Å². The number of hydrogen-bond acceptors (Lipinski definition) is 15. The molecule has 13 atom stereocenters. The van der Waals surface area contributed by atoms with Gasteiger partial charge in [0.25, 0.3) is 0 Å². The van der Waals surface area contributed by atoms with E-state index in [4.69, 9.17) is 9.47 Å². The number of thioether (sulfide) groups is 1. The molecular formula is C70H118N12O13S. The van der Waals surface area contributed by atoms with Crippen LogP contribution in [-0.4, -0.2) is 253 Å². The normalized spacial score (nSPS) is 28.5. The van der Waals surface area contributed by atoms with Gasteiger partial charge in [-0.15, -0.1) is 0 Å². The van der Waals surface area contributed by atoms with Crippen LogP contribution in [0.25, 0.3) is 0 Å². The molecule has 0 bridgehead atoms. The van der Waals surface area contributed by atoms with Crippen LogP contribution >= 0.6 is 11.8 Å². The molecule has 0 unspecified atom stereocenters. The van der Waals surface area contributed by atoms with E-state index in [1.807, 2.05) is 74.4 Å². The van der Waals surface area contributed by atoms with Crippen molar-refractivity contribution >= 4 is 82.4 Å². The molecule has 0 radical (unpaired) electrons. The second kappa shape index (κ2) is 36.9. The Labute approximate surface area is 576 Å². The summed E-state index contributed by atoms with van der Waals surface area (Å²) < 4.78 is 12.4. The fraction of sp³-hybridized carbons (Fsp3) is 0.757. The molecule has 0 spiro atoms. The zero-order valence-electron chi connectivity index (χ0n) is 61.9. The van der Waals surface area contributed by atoms with Crippen molar-refractivity contribution in [3.8, 4) is 0 Å². The van der Waals surface area contributed by atoms with Gasteiger partial charge in [0.05, 0.1) is 25.9 Å². The van der Waals surface area contributed by atoms with E-state index in [1.165, 1.54) is 109 Å². The summed E-state index contributed by atoms with van der Waals surface area (Å²) in [5, 5.41) is 11.2. The van der Waals surface area contributed by atoms with Gasteiger partial charge in [-0.05, 0) is 118 Å². The maximum Gasteiger partial charge on any atom is 0.246 e. The molecule has 1 aromatic rings. The first-order chi connectivity index (χ1) is 44.7. The van der Waals surface area contributed by atoms with E-state index in [-0.39, 0.29) is 61.7 Å². The molecule has 3 saturated heterocycles. The van der Waals surface area contributed by atoms with Crippen LogP contribution in [0.3, 0.4) is 0 Å². The lowest BCUT2D eigenvalue weighted by Gasteiger charge is -2.41. The third kappa shape index (κ3) is 21.7. The minimum Gasteiger partial charge on any atom is -0.378 e. The third-order valence-corrected chi connectivity index (χ3v) is 19.8. The molecule has 96 heavy (non-hydrogen) atoms. The number of carbonyl (C=O) groups excluding carboxylic acids is 11. The van der Waals surface area contributed by atoms with E-state index < -0.39 is 155 Å². The molecule has 11 amide bonds. The maximum absolute atomic E-state index is 15.6. The number of carbonyl (C=O) groups is 11. The molecule has 0 aliphatic carbocycles. The summed E-state index contributed by atoms with van der Waals surface area (Å²) in [6.07, 6.45) is 0.259. The summed E-state index contributed by atoms with van der Waals surface area (Å²) in [7, 11) is 10.2. The summed E-state index contributed by atoms with van der Waals surface area (Å²) in [6.45, 7) is 31.0. The van der Waals surface area contributed by atoms with Gasteiger partial charge >= 0.3 is 0 Å². The van der Waals surface area contributed by atoms with Crippen LogP contribution < -0.4 is 26.2 Å². The van der Waals surface area contributed by atoms with Crippen molar-refractivity contribution in [1.82, 2.24) is 55.6 Å². The van der Waals surface area contributed by atoms with Crippen molar-refractivity contribution in [3.63, 3.8) is 0 Å². The van der Waals surface area contributed by atoms with E-state index in [0.717, 1.165) is 23.7 Å². The Morgan fingerprint density at radius 2 is 0.958 bits per heavy atom. The molecule has 26 heteroatoms. The number of morpholine rings is 1. The first kappa shape index (κ1) is 81.9. The summed E-state index contributed by atoms with van der Waals surface area (Å²) in [4.78, 5) is 175. The van der Waals surface area contributed by atoms with Gasteiger partial charge < -0.3 is 69.9 Å². The number of likely N-dealkylation sites (N-methyl/N-ethyl adjacent to an activating group) is 7. The molecule has 3 fully saturated rings. The summed E-state index contributed by atoms with van der Waals surface area (Å²) in [5.41, 5.74) is 0.594. The number of rotatable bonds is 15. The van der Waals surface area contributed by atoms with Crippen molar-refractivity contribution < 1.29 is 62.2 Å². The molecule has 1 aromatic carbocycles. The van der Waals surface area contributed by atoms with Crippen molar-refractivity contribution in [3.05, 3.63) is 24.3 Å². The molecule has 0 saturated carbocycles. The van der Waals surface area contributed by atoms with Crippen molar-refractivity contribution in [2.75, 3.05) is 87.1 Å². The second-order valence-electron chi connectivity index (χ2n) is 29.3. The predicted octanol–water partition coefficient (Wildman–Crippen LogP) is 4.69. The van der Waals surface area contributed by atoms with Crippen molar-refractivity contribution in [1.29, 1.82) is 0 Å². The highest BCUT2D eigenvalue weighted by Crippen LogP contribution is 2.40. The number of nitrogens with zero attached hydrogens (tertiary/aromatic N) is 8. The van der Waals surface area contributed by atoms with Gasteiger partial charge in [0, 0.05) is 73.0 Å². The smallest absolute Gasteiger partial charge is 0.246 e. The zero-order chi connectivity index (χ0) is 72.7. The quantitative estimate of drug-likeness (QED) is 0.185. The van der Waals surface area contributed by atoms with Crippen LogP contribution in [0.2, 0.25) is 0 Å². The van der Waals surface area contributed by atoms with Gasteiger partial charge in [-0.3, -0.25) is 52.7 Å². The molecule has 3 aliphatic heterocycles. The molecule has 25 nitrogen and oxygen atoms in total. The predicted molar refractivity (Wildman–Crippen MR) is 372 cm³/mol. The third-order valence-electron chi connectivity index (χ3n) is 18.7. The van der Waals surface area contributed by atoms with Gasteiger partial charge in [-0.25, -0.2) is 0 Å². The second-order valence-corrected chi connectivity index (χ2v) is 30.5. The molecule has 4 N–H and O–H groups in total. The SMILES string of the molecule is CC[C@@H]1NC(=O)[C@H]([C@@H]2O[C@@H](Sc3ccc(N4CCOCC4)cc3)C[C@H]2C)N(C)C(=O)[C@H](C(C)C)N(C)C(=O)[C@H](CC(C)C)N(C)C(=O)[C@H](CC(C)C)N(C)C(=O)[C@@H](C)NC(=O)[C@H](C)NC(=O)[C@H](CC(C)C)N(C)C(=O)[C@H](C(C)C)NC(=O)[C@H](CC(C)C)N(C)C(=O)CN(C)C1=O. The van der Waals surface area contributed by atoms with Gasteiger partial charge in [-0.2, -0.15) is 0 Å². The molecule has 3 heterocycles. The average molecular weight is 1370 g/mol. The fourth-order valence-electron chi connectivity index (χ4n) is 12.8. The zero-order valence-corrected chi connectivity index (χ0v) is 62.7. The lowest BCUT2D eigenvalue weighted by atomic mass is 9.93. The molecule has 3 aliphatic rings. The van der Waals surface area contributed by atoms with Gasteiger partial charge in [0.1, 0.15) is 65.9 Å². The topological polar surface area (TPSA) is 280 Å². The fourth-order valence-corrected chi connectivity index (χ4v) is 14.0. The summed E-state index contributed by atoms with van der Waals surface area (Å²) in [6, 6.07) is -3.85. The maximum atomic E-state index is 15.6. The number of hydrogen-bond donors (Lipinski definition) is 4. The van der Waals surface area contributed by atoms with Crippen molar-refractivity contribution in [2.45, 2.75) is 226 Å². The van der Waals surface area contributed by atoms with E-state index in [0.29, 0.717) is 19.6 Å². The minimum atomic E-state index is -1.38. The Bertz CT molecular complexity index is 2830. The highest BCUT2D eigenvalue weighted by molar-refractivity contribution is 7.99. The number of nitrogens with one attached hydrogen (secondary N) is 4. The van der Waals surface area contributed by atoms with Crippen LogP contribution in [0.4, 0.5) is 5.69 Å². The van der Waals surface area contributed by atoms with E-state index in [9.17, 15) is 33.6 Å². The van der Waals surface area contributed by atoms with Crippen LogP contribution in [0.5, 0.6) is 0 Å². The molecular weight excluding hydrogens is 1250 g/mol.